The van der Waals surface area contributed by atoms with Crippen molar-refractivity contribution in [2.24, 2.45) is 0 Å². The van der Waals surface area contributed by atoms with Crippen LogP contribution in [0.3, 0.4) is 0 Å². The minimum absolute atomic E-state index is 0. The van der Waals surface area contributed by atoms with Gasteiger partial charge >= 0.3 is 29.0 Å². The van der Waals surface area contributed by atoms with E-state index >= 15 is 0 Å². The molecule has 4 nitrogen and oxygen atoms in total. The number of ether oxygens (including phenoxy) is 2. The van der Waals surface area contributed by atoms with Gasteiger partial charge in [0, 0.05) is 12.8 Å². The summed E-state index contributed by atoms with van der Waals surface area (Å²) in [4.78, 5) is 20.6. The summed E-state index contributed by atoms with van der Waals surface area (Å²) in [5.41, 5.74) is 1.05. The van der Waals surface area contributed by atoms with Gasteiger partial charge in [-0.3, -0.25) is 9.59 Å². The molecule has 23 heavy (non-hydrogen) atoms. The maximum Gasteiger partial charge on any atom is 2.00 e. The zero-order valence-corrected chi connectivity index (χ0v) is 14.9. The van der Waals surface area contributed by atoms with E-state index in [-0.39, 0.29) is 29.0 Å². The summed E-state index contributed by atoms with van der Waals surface area (Å²) < 4.78 is 9.16. The maximum atomic E-state index is 10.7. The fraction of sp³-hybridized carbons (Fsp3) is 0.333. The molecule has 0 aliphatic rings. The van der Waals surface area contributed by atoms with Crippen LogP contribution in [-0.4, -0.2) is 19.0 Å². The molecule has 2 rings (SSSR count). The average Bonchev–Trinajstić information content (AvgIpc) is 3.27. The van der Waals surface area contributed by atoms with E-state index in [9.17, 15) is 9.59 Å². The van der Waals surface area contributed by atoms with Gasteiger partial charge in [0.2, 0.25) is 0 Å². The van der Waals surface area contributed by atoms with Crippen LogP contribution in [0.15, 0.2) is 54.6 Å². The SMILES string of the molecule is CCC(=O)OC.CCC(=O)OCc1ccc[cH-]1.[Fe+2].c1cc[cH-]c1. The van der Waals surface area contributed by atoms with Crippen molar-refractivity contribution in [2.45, 2.75) is 33.3 Å². The van der Waals surface area contributed by atoms with Crippen molar-refractivity contribution in [3.8, 4) is 0 Å². The van der Waals surface area contributed by atoms with Crippen LogP contribution < -0.4 is 0 Å². The van der Waals surface area contributed by atoms with Crippen LogP contribution >= 0.6 is 0 Å². The van der Waals surface area contributed by atoms with E-state index in [1.54, 1.807) is 13.8 Å². The van der Waals surface area contributed by atoms with Crippen LogP contribution in [0.1, 0.15) is 32.3 Å². The summed E-state index contributed by atoms with van der Waals surface area (Å²) in [6.07, 6.45) is 0.914. The van der Waals surface area contributed by atoms with Gasteiger partial charge in [-0.05, 0) is 0 Å². The summed E-state index contributed by atoms with van der Waals surface area (Å²) >= 11 is 0. The largest absolute Gasteiger partial charge is 2.00 e. The molecule has 0 spiro atoms. The summed E-state index contributed by atoms with van der Waals surface area (Å²) in [5.74, 6) is -0.304. The standard InChI is InChI=1S/C9H11O2.C5H5.C4H8O2.Fe/c1-2-9(10)11-7-8-5-3-4-6-8;1-2-4-5-3-1;1-3-4(5)6-2;/h3-6H,2,7H2,1H3;1-5H;3H2,1-2H3;/q2*-1;;+2. The van der Waals surface area contributed by atoms with E-state index in [0.29, 0.717) is 19.4 Å². The molecule has 0 fully saturated rings. The van der Waals surface area contributed by atoms with Gasteiger partial charge in [0.05, 0.1) is 13.7 Å². The molecule has 0 heterocycles. The number of esters is 2. The molecule has 2 aromatic carbocycles. The second-order valence-corrected chi connectivity index (χ2v) is 4.20. The minimum Gasteiger partial charge on any atom is -0.469 e. The average molecular weight is 360 g/mol. The first-order valence-corrected chi connectivity index (χ1v) is 7.23. The van der Waals surface area contributed by atoms with Crippen molar-refractivity contribution >= 4 is 11.9 Å². The van der Waals surface area contributed by atoms with Gasteiger partial charge in [0.25, 0.3) is 0 Å². The van der Waals surface area contributed by atoms with Crippen molar-refractivity contribution in [3.05, 3.63) is 60.2 Å². The van der Waals surface area contributed by atoms with Gasteiger partial charge in [-0.2, -0.15) is 30.3 Å². The molecule has 0 aromatic heterocycles. The van der Waals surface area contributed by atoms with Crippen LogP contribution in [0, 0.1) is 0 Å². The number of rotatable bonds is 4. The Bertz CT molecular complexity index is 452. The zero-order valence-electron chi connectivity index (χ0n) is 13.8. The van der Waals surface area contributed by atoms with Gasteiger partial charge in [-0.25, -0.2) is 24.3 Å². The summed E-state index contributed by atoms with van der Waals surface area (Å²) in [6.45, 7) is 3.94. The molecule has 128 valence electrons. The fourth-order valence-corrected chi connectivity index (χ4v) is 1.24. The molecule has 0 N–H and O–H groups in total. The number of hydrogen-bond donors (Lipinski definition) is 0. The topological polar surface area (TPSA) is 52.6 Å². The number of carbonyl (C=O) groups is 2. The van der Waals surface area contributed by atoms with Crippen molar-refractivity contribution in [1.82, 2.24) is 0 Å². The van der Waals surface area contributed by atoms with E-state index in [0.717, 1.165) is 5.56 Å². The van der Waals surface area contributed by atoms with Crippen molar-refractivity contribution < 1.29 is 36.1 Å². The van der Waals surface area contributed by atoms with Gasteiger partial charge in [0.15, 0.2) is 0 Å². The van der Waals surface area contributed by atoms with Crippen LogP contribution in [0.4, 0.5) is 0 Å². The molecule has 0 atom stereocenters. The van der Waals surface area contributed by atoms with Crippen molar-refractivity contribution in [3.63, 3.8) is 0 Å². The Morgan fingerprint density at radius 1 is 1.00 bits per heavy atom. The number of carbonyl (C=O) groups excluding carboxylic acids is 2. The number of hydrogen-bond acceptors (Lipinski definition) is 4. The molecular formula is C18H24FeO4. The molecule has 0 saturated heterocycles. The molecule has 0 amide bonds. The molecule has 0 bridgehead atoms. The summed E-state index contributed by atoms with van der Waals surface area (Å²) in [7, 11) is 1.38. The monoisotopic (exact) mass is 360 g/mol. The first-order chi connectivity index (χ1) is 10.6. The summed E-state index contributed by atoms with van der Waals surface area (Å²) in [6, 6.07) is 17.7. The fourth-order valence-electron chi connectivity index (χ4n) is 1.24. The van der Waals surface area contributed by atoms with Crippen LogP contribution in [0.5, 0.6) is 0 Å². The first kappa shape index (κ1) is 23.4. The van der Waals surface area contributed by atoms with Gasteiger partial charge in [0.1, 0.15) is 0 Å². The molecule has 0 unspecified atom stereocenters. The van der Waals surface area contributed by atoms with E-state index < -0.39 is 0 Å². The Morgan fingerprint density at radius 2 is 1.61 bits per heavy atom. The molecule has 0 aliphatic carbocycles. The second kappa shape index (κ2) is 16.5. The first-order valence-electron chi connectivity index (χ1n) is 7.23. The summed E-state index contributed by atoms with van der Waals surface area (Å²) in [5, 5.41) is 0. The van der Waals surface area contributed by atoms with Gasteiger partial charge < -0.3 is 9.47 Å². The number of methoxy groups -OCH3 is 1. The molecule has 0 aliphatic heterocycles. The van der Waals surface area contributed by atoms with E-state index in [4.69, 9.17) is 4.74 Å². The Hall–Kier alpha value is -1.84. The van der Waals surface area contributed by atoms with Crippen LogP contribution in [0.25, 0.3) is 0 Å². The molecule has 0 saturated carbocycles. The zero-order chi connectivity index (χ0) is 16.6. The van der Waals surface area contributed by atoms with Crippen LogP contribution in [-0.2, 0) is 42.7 Å². The van der Waals surface area contributed by atoms with Crippen LogP contribution in [0.2, 0.25) is 0 Å². The smallest absolute Gasteiger partial charge is 0.469 e. The Kier molecular flexibility index (Phi) is 16.8. The third-order valence-electron chi connectivity index (χ3n) is 2.49. The molecule has 5 heteroatoms. The molecular weight excluding hydrogens is 336 g/mol. The Morgan fingerprint density at radius 3 is 1.91 bits per heavy atom. The van der Waals surface area contributed by atoms with Crippen molar-refractivity contribution in [2.75, 3.05) is 7.11 Å². The molecule has 0 radical (unpaired) electrons. The second-order valence-electron chi connectivity index (χ2n) is 4.20. The third-order valence-corrected chi connectivity index (χ3v) is 2.49. The van der Waals surface area contributed by atoms with E-state index in [1.165, 1.54) is 7.11 Å². The maximum absolute atomic E-state index is 10.7. The normalized spacial score (nSPS) is 8.30. The van der Waals surface area contributed by atoms with Gasteiger partial charge in [-0.15, -0.1) is 5.56 Å². The Balaban J connectivity index is 0. The quantitative estimate of drug-likeness (QED) is 0.472. The molecule has 2 aromatic rings. The van der Waals surface area contributed by atoms with E-state index in [2.05, 4.69) is 4.74 Å². The Labute approximate surface area is 149 Å². The van der Waals surface area contributed by atoms with Gasteiger partial charge in [-0.1, -0.05) is 13.8 Å². The predicted molar refractivity (Wildman–Crippen MR) is 86.5 cm³/mol. The van der Waals surface area contributed by atoms with Crippen molar-refractivity contribution in [1.29, 1.82) is 0 Å². The predicted octanol–water partition coefficient (Wildman–Crippen LogP) is 3.83. The van der Waals surface area contributed by atoms with E-state index in [1.807, 2.05) is 54.6 Å². The third kappa shape index (κ3) is 14.8. The minimum atomic E-state index is -0.157.